The summed E-state index contributed by atoms with van der Waals surface area (Å²) in [6.07, 6.45) is 4.25. The van der Waals surface area contributed by atoms with Crippen LogP contribution in [0.5, 0.6) is 0 Å². The van der Waals surface area contributed by atoms with Crippen molar-refractivity contribution in [1.29, 1.82) is 0 Å². The van der Waals surface area contributed by atoms with Crippen LogP contribution in [-0.4, -0.2) is 127 Å². The molecule has 1 fully saturated rings. The number of ketones is 1. The fourth-order valence-electron chi connectivity index (χ4n) is 1.18. The normalized spacial score (nSPS) is 9.79. The maximum atomic E-state index is 10.2. The van der Waals surface area contributed by atoms with Crippen LogP contribution in [0.25, 0.3) is 0 Å². The van der Waals surface area contributed by atoms with E-state index in [0.717, 1.165) is 45.2 Å². The minimum Gasteiger partial charge on any atom is -0.469 e. The van der Waals surface area contributed by atoms with Gasteiger partial charge in [-0.1, -0.05) is 47.5 Å². The molecule has 1 aromatic heterocycles. The maximum absolute atomic E-state index is 10.2. The van der Waals surface area contributed by atoms with Crippen LogP contribution >= 0.6 is 0 Å². The standard InChI is InChI=1S/C5H12O.C4H6N2O.C4H9NO2.C4H11N.C4H8O2.C4H8.C3H9N.C3H8O.C3H6O/c1-3-5-6-4-2;1-3-5-6-4(2)7-3;1-5(2)4(6)7-3;1-4-5(2)3;1-3-4(5)6-2;1-4-2-3-4;2*1-3-4-2;1-3(2)4/h3-5H2,1-2H3;1-2H3;1-3H3;4H2,1-3H3;3H2,1-2H3;4H,2-3H2,1H3;4H,3H2,1-2H3;3H2,1-2H3;1-2H3. The Balaban J connectivity index is -0.0000000773. The molecule has 0 saturated heterocycles. The SMILES string of the molecule is CC(C)=O.CC1CC1.CCC(=O)OC.CCCOCC.CCN(C)C.CCNC.CCOC.COC(=O)N(C)C.Cc1nnc(C)o1. The minimum atomic E-state index is -0.319. The number of aryl methyl sites for hydroxylation is 2. The number of hydrogen-bond donors (Lipinski definition) is 1. The Kier molecular flexibility index (Phi) is 67.3. The molecule has 13 heteroatoms. The van der Waals surface area contributed by atoms with Crippen LogP contribution in [0, 0.1) is 19.8 Å². The molecule has 1 saturated carbocycles. The van der Waals surface area contributed by atoms with Gasteiger partial charge < -0.3 is 43.3 Å². The average molecular weight is 684 g/mol. The van der Waals surface area contributed by atoms with E-state index in [1.165, 1.54) is 45.8 Å². The van der Waals surface area contributed by atoms with E-state index in [4.69, 9.17) is 9.15 Å². The molecule has 0 aromatic carbocycles. The van der Waals surface area contributed by atoms with Crippen LogP contribution in [0.1, 0.15) is 99.8 Å². The highest BCUT2D eigenvalue weighted by atomic mass is 16.5. The number of nitrogens with one attached hydrogen (secondary N) is 1. The van der Waals surface area contributed by atoms with E-state index in [0.29, 0.717) is 18.2 Å². The fourth-order valence-corrected chi connectivity index (χ4v) is 1.18. The number of hydrogen-bond acceptors (Lipinski definition) is 12. The molecule has 2 rings (SSSR count). The monoisotopic (exact) mass is 684 g/mol. The van der Waals surface area contributed by atoms with E-state index in [1.54, 1.807) is 42.0 Å². The molecule has 0 atom stereocenters. The lowest BCUT2D eigenvalue weighted by Gasteiger charge is -2.05. The quantitative estimate of drug-likeness (QED) is 0.249. The van der Waals surface area contributed by atoms with E-state index < -0.39 is 0 Å². The van der Waals surface area contributed by atoms with Gasteiger partial charge in [0.1, 0.15) is 5.78 Å². The van der Waals surface area contributed by atoms with E-state index in [1.807, 2.05) is 20.9 Å². The molecule has 1 aliphatic carbocycles. The summed E-state index contributed by atoms with van der Waals surface area (Å²) in [6, 6.07) is 0. The second kappa shape index (κ2) is 52.9. The Morgan fingerprint density at radius 3 is 1.26 bits per heavy atom. The number of esters is 1. The smallest absolute Gasteiger partial charge is 0.408 e. The predicted octanol–water partition coefficient (Wildman–Crippen LogP) is 6.46. The first kappa shape index (κ1) is 59.8. The van der Waals surface area contributed by atoms with Crippen molar-refractivity contribution in [2.24, 2.45) is 5.92 Å². The van der Waals surface area contributed by atoms with Gasteiger partial charge in [-0.25, -0.2) is 4.79 Å². The lowest BCUT2D eigenvalue weighted by molar-refractivity contribution is -0.140. The largest absolute Gasteiger partial charge is 0.469 e. The summed E-state index contributed by atoms with van der Waals surface area (Å²) in [6.45, 7) is 25.7. The predicted molar refractivity (Wildman–Crippen MR) is 195 cm³/mol. The highest BCUT2D eigenvalue weighted by Crippen LogP contribution is 2.26. The molecule has 1 aliphatic rings. The van der Waals surface area contributed by atoms with Crippen molar-refractivity contribution in [1.82, 2.24) is 25.3 Å². The summed E-state index contributed by atoms with van der Waals surface area (Å²) in [4.78, 5) is 33.1. The number of carbonyl (C=O) groups excluding carboxylic acids is 3. The molecule has 286 valence electrons. The third-order valence-corrected chi connectivity index (χ3v) is 4.38. The Labute approximate surface area is 289 Å². The molecule has 0 spiro atoms. The number of ether oxygens (including phenoxy) is 4. The minimum absolute atomic E-state index is 0.157. The van der Waals surface area contributed by atoms with Crippen molar-refractivity contribution in [3.63, 3.8) is 0 Å². The topological polar surface area (TPSA) is 146 Å². The molecule has 0 unspecified atom stereocenters. The van der Waals surface area contributed by atoms with Gasteiger partial charge >= 0.3 is 12.1 Å². The third kappa shape index (κ3) is 107. The molecule has 1 heterocycles. The molecule has 1 aromatic rings. The number of Topliss-reactive ketones (excluding diaryl/α,β-unsaturated/α-hetero) is 1. The first-order valence-electron chi connectivity index (χ1n) is 16.3. The number of methoxy groups -OCH3 is 3. The summed E-state index contributed by atoms with van der Waals surface area (Å²) < 4.78 is 22.9. The van der Waals surface area contributed by atoms with Gasteiger partial charge in [-0.05, 0) is 74.3 Å². The summed E-state index contributed by atoms with van der Waals surface area (Å²) in [5, 5.41) is 10.1. The van der Waals surface area contributed by atoms with Gasteiger partial charge in [0, 0.05) is 61.3 Å². The number of amides is 1. The second-order valence-corrected chi connectivity index (χ2v) is 10.1. The highest BCUT2D eigenvalue weighted by molar-refractivity contribution is 5.72. The highest BCUT2D eigenvalue weighted by Gasteiger charge is 2.12. The van der Waals surface area contributed by atoms with E-state index in [9.17, 15) is 14.4 Å². The average Bonchev–Trinajstić information content (AvgIpc) is 3.75. The Bertz CT molecular complexity index is 691. The number of carbonyl (C=O) groups is 3. The molecule has 1 amide bonds. The van der Waals surface area contributed by atoms with Gasteiger partial charge in [-0.2, -0.15) is 0 Å². The zero-order chi connectivity index (χ0) is 38.6. The van der Waals surface area contributed by atoms with Crippen molar-refractivity contribution in [3.8, 4) is 0 Å². The van der Waals surface area contributed by atoms with Crippen LogP contribution in [0.2, 0.25) is 0 Å². The maximum Gasteiger partial charge on any atom is 0.408 e. The fraction of sp³-hybridized carbons (Fsp3) is 0.853. The molecule has 13 nitrogen and oxygen atoms in total. The van der Waals surface area contributed by atoms with Crippen LogP contribution in [-0.2, 0) is 28.5 Å². The summed E-state index contributed by atoms with van der Waals surface area (Å²) >= 11 is 0. The van der Waals surface area contributed by atoms with Gasteiger partial charge in [-0.3, -0.25) is 4.79 Å². The number of aromatic nitrogens is 2. The summed E-state index contributed by atoms with van der Waals surface area (Å²) in [5.41, 5.74) is 0. The zero-order valence-electron chi connectivity index (χ0n) is 34.0. The summed E-state index contributed by atoms with van der Waals surface area (Å²) in [5.74, 6) is 2.34. The van der Waals surface area contributed by atoms with Crippen LogP contribution in [0.3, 0.4) is 0 Å². The third-order valence-electron chi connectivity index (χ3n) is 4.38. The first-order chi connectivity index (χ1) is 21.9. The molecule has 47 heavy (non-hydrogen) atoms. The van der Waals surface area contributed by atoms with Gasteiger partial charge in [0.05, 0.1) is 14.2 Å². The molecule has 1 N–H and O–H groups in total. The van der Waals surface area contributed by atoms with Gasteiger partial charge in [0.25, 0.3) is 0 Å². The number of rotatable bonds is 7. The van der Waals surface area contributed by atoms with Gasteiger partial charge in [0.2, 0.25) is 11.8 Å². The van der Waals surface area contributed by atoms with Crippen LogP contribution in [0.15, 0.2) is 4.42 Å². The van der Waals surface area contributed by atoms with Crippen molar-refractivity contribution < 1.29 is 37.7 Å². The van der Waals surface area contributed by atoms with Crippen LogP contribution in [0.4, 0.5) is 4.79 Å². The van der Waals surface area contributed by atoms with Gasteiger partial charge in [0.15, 0.2) is 0 Å². The van der Waals surface area contributed by atoms with E-state index >= 15 is 0 Å². The Hall–Kier alpha value is -2.61. The lowest BCUT2D eigenvalue weighted by Crippen LogP contribution is -2.20. The Morgan fingerprint density at radius 2 is 1.21 bits per heavy atom. The molecule has 0 aliphatic heterocycles. The number of nitrogens with zero attached hydrogens (tertiary/aromatic N) is 4. The van der Waals surface area contributed by atoms with Gasteiger partial charge in [-0.15, -0.1) is 10.2 Å². The molecule has 0 radical (unpaired) electrons. The molecular weight excluding hydrogens is 606 g/mol. The molecular formula is C34H77N5O8. The van der Waals surface area contributed by atoms with Crippen molar-refractivity contribution >= 4 is 17.8 Å². The molecule has 0 bridgehead atoms. The van der Waals surface area contributed by atoms with E-state index in [2.05, 4.69) is 76.4 Å². The van der Waals surface area contributed by atoms with E-state index in [-0.39, 0.29) is 17.8 Å². The summed E-state index contributed by atoms with van der Waals surface area (Å²) in [7, 11) is 13.7. The van der Waals surface area contributed by atoms with Crippen molar-refractivity contribution in [2.45, 2.75) is 102 Å². The zero-order valence-corrected chi connectivity index (χ0v) is 34.0. The lowest BCUT2D eigenvalue weighted by atomic mass is 10.5. The Morgan fingerprint density at radius 1 is 0.851 bits per heavy atom. The first-order valence-corrected chi connectivity index (χ1v) is 16.3. The van der Waals surface area contributed by atoms with Crippen molar-refractivity contribution in [2.75, 3.05) is 89.5 Å². The second-order valence-electron chi connectivity index (χ2n) is 10.1. The van der Waals surface area contributed by atoms with Crippen molar-refractivity contribution in [3.05, 3.63) is 11.8 Å². The van der Waals surface area contributed by atoms with Crippen LogP contribution < -0.4 is 5.32 Å².